The number of hydrogen-bond donors (Lipinski definition) is 1. The minimum absolute atomic E-state index is 0.706. The smallest absolute Gasteiger partial charge is 0.203 e. The van der Waals surface area contributed by atoms with Crippen molar-refractivity contribution in [2.24, 2.45) is 5.10 Å². The number of halogens is 2. The van der Waals surface area contributed by atoms with Gasteiger partial charge in [-0.2, -0.15) is 5.10 Å². The maximum atomic E-state index is 5.88. The molecule has 6 heteroatoms. The molecule has 0 amide bonds. The third kappa shape index (κ3) is 3.85. The molecular formula is C16H11Cl2N3S. The number of benzene rings is 2. The van der Waals surface area contributed by atoms with E-state index in [9.17, 15) is 0 Å². The van der Waals surface area contributed by atoms with E-state index in [0.29, 0.717) is 10.0 Å². The third-order valence-electron chi connectivity index (χ3n) is 2.89. The summed E-state index contributed by atoms with van der Waals surface area (Å²) in [6, 6.07) is 15.0. The Bertz CT molecular complexity index is 780. The van der Waals surface area contributed by atoms with E-state index in [1.165, 1.54) is 11.3 Å². The highest BCUT2D eigenvalue weighted by Gasteiger charge is 2.03. The topological polar surface area (TPSA) is 37.3 Å². The second kappa shape index (κ2) is 6.92. The maximum absolute atomic E-state index is 5.88. The highest BCUT2D eigenvalue weighted by molar-refractivity contribution is 7.14. The Morgan fingerprint density at radius 3 is 2.27 bits per heavy atom. The first-order valence-electron chi connectivity index (χ1n) is 6.47. The molecule has 0 radical (unpaired) electrons. The summed E-state index contributed by atoms with van der Waals surface area (Å²) in [5, 5.41) is 8.30. The lowest BCUT2D eigenvalue weighted by Gasteiger charge is -1.97. The second-order valence-electron chi connectivity index (χ2n) is 4.47. The standard InChI is InChI=1S/C16H11Cl2N3S/c17-13-5-1-11(2-6-13)9-19-21-16-20-15(10-22-16)12-3-7-14(18)8-4-12/h1-10H,(H,20,21)/b19-9-. The summed E-state index contributed by atoms with van der Waals surface area (Å²) in [6.07, 6.45) is 1.72. The van der Waals surface area contributed by atoms with Crippen LogP contribution in [0.5, 0.6) is 0 Å². The maximum Gasteiger partial charge on any atom is 0.203 e. The van der Waals surface area contributed by atoms with Crippen molar-refractivity contribution >= 4 is 45.9 Å². The fraction of sp³-hybridized carbons (Fsp3) is 0. The van der Waals surface area contributed by atoms with Crippen LogP contribution in [0.4, 0.5) is 5.13 Å². The number of anilines is 1. The molecule has 0 saturated carbocycles. The molecule has 0 aliphatic rings. The van der Waals surface area contributed by atoms with Gasteiger partial charge in [-0.25, -0.2) is 4.98 Å². The van der Waals surface area contributed by atoms with Gasteiger partial charge in [0.15, 0.2) is 0 Å². The zero-order chi connectivity index (χ0) is 15.4. The molecule has 1 heterocycles. The average Bonchev–Trinajstić information content (AvgIpc) is 2.99. The first kappa shape index (κ1) is 15.0. The minimum atomic E-state index is 0.706. The van der Waals surface area contributed by atoms with Gasteiger partial charge in [0.25, 0.3) is 0 Å². The molecule has 110 valence electrons. The summed E-state index contributed by atoms with van der Waals surface area (Å²) in [7, 11) is 0. The number of hydrogen-bond acceptors (Lipinski definition) is 4. The van der Waals surface area contributed by atoms with Crippen LogP contribution >= 0.6 is 34.5 Å². The van der Waals surface area contributed by atoms with Crippen LogP contribution in [-0.2, 0) is 0 Å². The Morgan fingerprint density at radius 1 is 0.955 bits per heavy atom. The van der Waals surface area contributed by atoms with Gasteiger partial charge in [0.2, 0.25) is 5.13 Å². The van der Waals surface area contributed by atoms with Crippen LogP contribution in [0.25, 0.3) is 11.3 Å². The van der Waals surface area contributed by atoms with Crippen molar-refractivity contribution in [2.75, 3.05) is 5.43 Å². The van der Waals surface area contributed by atoms with E-state index >= 15 is 0 Å². The Morgan fingerprint density at radius 2 is 1.59 bits per heavy atom. The Labute approximate surface area is 142 Å². The lowest BCUT2D eigenvalue weighted by molar-refractivity contribution is 1.29. The van der Waals surface area contributed by atoms with Crippen LogP contribution < -0.4 is 5.43 Å². The first-order chi connectivity index (χ1) is 10.7. The van der Waals surface area contributed by atoms with E-state index in [2.05, 4.69) is 15.5 Å². The van der Waals surface area contributed by atoms with Crippen molar-refractivity contribution in [3.05, 3.63) is 69.5 Å². The Balaban J connectivity index is 1.66. The SMILES string of the molecule is Clc1ccc(/C=N\Nc2nc(-c3ccc(Cl)cc3)cs2)cc1. The van der Waals surface area contributed by atoms with Crippen molar-refractivity contribution in [3.8, 4) is 11.3 Å². The summed E-state index contributed by atoms with van der Waals surface area (Å²) in [6.45, 7) is 0. The van der Waals surface area contributed by atoms with Crippen LogP contribution in [0.2, 0.25) is 10.0 Å². The van der Waals surface area contributed by atoms with Gasteiger partial charge in [0.05, 0.1) is 11.9 Å². The Hall–Kier alpha value is -1.88. The fourth-order valence-corrected chi connectivity index (χ4v) is 2.71. The summed E-state index contributed by atoms with van der Waals surface area (Å²) in [5.41, 5.74) is 5.81. The third-order valence-corrected chi connectivity index (χ3v) is 4.14. The molecule has 22 heavy (non-hydrogen) atoms. The first-order valence-corrected chi connectivity index (χ1v) is 8.10. The van der Waals surface area contributed by atoms with Crippen molar-refractivity contribution in [3.63, 3.8) is 0 Å². The minimum Gasteiger partial charge on any atom is -0.253 e. The van der Waals surface area contributed by atoms with E-state index in [-0.39, 0.29) is 0 Å². The largest absolute Gasteiger partial charge is 0.253 e. The second-order valence-corrected chi connectivity index (χ2v) is 6.20. The van der Waals surface area contributed by atoms with Gasteiger partial charge in [-0.15, -0.1) is 11.3 Å². The molecule has 3 aromatic rings. The lowest BCUT2D eigenvalue weighted by Crippen LogP contribution is -1.90. The zero-order valence-electron chi connectivity index (χ0n) is 11.3. The monoisotopic (exact) mass is 347 g/mol. The molecule has 1 N–H and O–H groups in total. The van der Waals surface area contributed by atoms with Crippen molar-refractivity contribution in [2.45, 2.75) is 0 Å². The quantitative estimate of drug-likeness (QED) is 0.495. The molecule has 0 atom stereocenters. The molecular weight excluding hydrogens is 337 g/mol. The Kier molecular flexibility index (Phi) is 4.73. The number of aromatic nitrogens is 1. The molecule has 0 fully saturated rings. The number of hydrazone groups is 1. The van der Waals surface area contributed by atoms with Crippen LogP contribution in [0.1, 0.15) is 5.56 Å². The summed E-state index contributed by atoms with van der Waals surface area (Å²) >= 11 is 13.2. The van der Waals surface area contributed by atoms with Crippen LogP contribution in [0.3, 0.4) is 0 Å². The molecule has 0 saturated heterocycles. The van der Waals surface area contributed by atoms with Gasteiger partial charge in [0, 0.05) is 21.0 Å². The highest BCUT2D eigenvalue weighted by Crippen LogP contribution is 2.25. The van der Waals surface area contributed by atoms with Crippen molar-refractivity contribution in [1.82, 2.24) is 4.98 Å². The molecule has 3 rings (SSSR count). The normalized spacial score (nSPS) is 11.0. The molecule has 0 spiro atoms. The lowest BCUT2D eigenvalue weighted by atomic mass is 10.2. The molecule has 0 bridgehead atoms. The van der Waals surface area contributed by atoms with Gasteiger partial charge >= 0.3 is 0 Å². The van der Waals surface area contributed by atoms with Gasteiger partial charge in [0.1, 0.15) is 0 Å². The van der Waals surface area contributed by atoms with Crippen LogP contribution in [-0.4, -0.2) is 11.2 Å². The number of thiazole rings is 1. The number of nitrogens with one attached hydrogen (secondary N) is 1. The zero-order valence-corrected chi connectivity index (χ0v) is 13.7. The molecule has 0 aliphatic carbocycles. The average molecular weight is 348 g/mol. The molecule has 3 nitrogen and oxygen atoms in total. The van der Waals surface area contributed by atoms with E-state index < -0.39 is 0 Å². The van der Waals surface area contributed by atoms with Crippen molar-refractivity contribution < 1.29 is 0 Å². The van der Waals surface area contributed by atoms with Crippen molar-refractivity contribution in [1.29, 1.82) is 0 Å². The predicted molar refractivity (Wildman–Crippen MR) is 95.2 cm³/mol. The van der Waals surface area contributed by atoms with E-state index in [1.807, 2.05) is 53.9 Å². The fourth-order valence-electron chi connectivity index (χ4n) is 1.79. The predicted octanol–water partition coefficient (Wildman–Crippen LogP) is 5.56. The van der Waals surface area contributed by atoms with E-state index in [4.69, 9.17) is 23.2 Å². The molecule has 2 aromatic carbocycles. The van der Waals surface area contributed by atoms with Crippen LogP contribution in [0, 0.1) is 0 Å². The van der Waals surface area contributed by atoms with E-state index in [1.54, 1.807) is 6.21 Å². The van der Waals surface area contributed by atoms with Gasteiger partial charge < -0.3 is 0 Å². The van der Waals surface area contributed by atoms with Gasteiger partial charge in [-0.05, 0) is 29.8 Å². The van der Waals surface area contributed by atoms with Gasteiger partial charge in [-0.3, -0.25) is 5.43 Å². The number of rotatable bonds is 4. The molecule has 0 aliphatic heterocycles. The summed E-state index contributed by atoms with van der Waals surface area (Å²) in [5.74, 6) is 0. The highest BCUT2D eigenvalue weighted by atomic mass is 35.5. The molecule has 0 unspecified atom stereocenters. The summed E-state index contributed by atoms with van der Waals surface area (Å²) < 4.78 is 0. The van der Waals surface area contributed by atoms with E-state index in [0.717, 1.165) is 22.0 Å². The van der Waals surface area contributed by atoms with Crippen LogP contribution in [0.15, 0.2) is 59.0 Å². The van der Waals surface area contributed by atoms with Gasteiger partial charge in [-0.1, -0.05) is 47.5 Å². The molecule has 1 aromatic heterocycles. The summed E-state index contributed by atoms with van der Waals surface area (Å²) in [4.78, 5) is 4.48. The number of nitrogens with zero attached hydrogens (tertiary/aromatic N) is 2.